The summed E-state index contributed by atoms with van der Waals surface area (Å²) in [6.07, 6.45) is 2.04. The number of carbonyl (C=O) groups is 1. The third kappa shape index (κ3) is 3.81. The van der Waals surface area contributed by atoms with Crippen molar-refractivity contribution in [3.05, 3.63) is 0 Å². The third-order valence-electron chi connectivity index (χ3n) is 7.79. The number of fused-ring (bicyclic) bond motifs is 1. The second kappa shape index (κ2) is 7.40. The van der Waals surface area contributed by atoms with E-state index >= 15 is 0 Å². The van der Waals surface area contributed by atoms with Crippen molar-refractivity contribution in [3.8, 4) is 0 Å². The summed E-state index contributed by atoms with van der Waals surface area (Å²) in [6, 6.07) is 0.0511. The molecule has 5 nitrogen and oxygen atoms in total. The summed E-state index contributed by atoms with van der Waals surface area (Å²) in [6.45, 7) is 12.3. The average molecular weight is 370 g/mol. The molecule has 0 heterocycles. The predicted octanol–water partition coefficient (Wildman–Crippen LogP) is 2.47. The van der Waals surface area contributed by atoms with Gasteiger partial charge in [0.1, 0.15) is 0 Å². The Labute approximate surface area is 158 Å². The molecule has 5 heteroatoms. The molecule has 0 aromatic carbocycles. The van der Waals surface area contributed by atoms with E-state index in [9.17, 15) is 20.1 Å². The highest BCUT2D eigenvalue weighted by Gasteiger charge is 2.59. The zero-order chi connectivity index (χ0) is 19.9. The van der Waals surface area contributed by atoms with Gasteiger partial charge in [-0.05, 0) is 55.3 Å². The third-order valence-corrected chi connectivity index (χ3v) is 7.79. The predicted molar refractivity (Wildman–Crippen MR) is 102 cm³/mol. The van der Waals surface area contributed by atoms with Crippen LogP contribution in [0, 0.1) is 28.1 Å². The maximum absolute atomic E-state index is 12.7. The second-order valence-electron chi connectivity index (χ2n) is 10.4. The number of amides is 1. The zero-order valence-electron chi connectivity index (χ0n) is 17.4. The van der Waals surface area contributed by atoms with Crippen LogP contribution in [0.4, 0.5) is 0 Å². The molecule has 0 spiro atoms. The van der Waals surface area contributed by atoms with Gasteiger partial charge in [-0.3, -0.25) is 4.79 Å². The van der Waals surface area contributed by atoms with E-state index in [0.29, 0.717) is 19.3 Å². The number of carbonyl (C=O) groups excluding carboxylic acids is 1. The zero-order valence-corrected chi connectivity index (χ0v) is 17.4. The van der Waals surface area contributed by atoms with Gasteiger partial charge in [-0.1, -0.05) is 34.6 Å². The summed E-state index contributed by atoms with van der Waals surface area (Å²) in [7, 11) is 0. The average Bonchev–Trinajstić information content (AvgIpc) is 2.54. The SMILES string of the molecule is C[C@@H](NC(=O)C[C@@H]1[C@H](O)CC[C@@H]2[C@](C)(CO)[C@H](O)CC[C@]21C)C(C)(C)C. The Balaban J connectivity index is 2.20. The lowest BCUT2D eigenvalue weighted by Crippen LogP contribution is -2.60. The van der Waals surface area contributed by atoms with Gasteiger partial charge in [0.15, 0.2) is 0 Å². The van der Waals surface area contributed by atoms with Crippen LogP contribution in [-0.2, 0) is 4.79 Å². The standard InChI is InChI=1S/C21H39NO4/c1-13(19(2,3)4)22-18(26)11-14-15(24)7-8-16-20(14,5)10-9-17(25)21(16,6)12-23/h13-17,23-25H,7-12H2,1-6H3,(H,22,26)/t13-,14-,15-,16+,17-,20+,21+/m1/s1. The molecular formula is C21H39NO4. The van der Waals surface area contributed by atoms with Crippen LogP contribution in [-0.4, -0.2) is 46.1 Å². The van der Waals surface area contributed by atoms with Crippen LogP contribution in [0.15, 0.2) is 0 Å². The quantitative estimate of drug-likeness (QED) is 0.613. The Morgan fingerprint density at radius 1 is 1.19 bits per heavy atom. The van der Waals surface area contributed by atoms with Crippen molar-refractivity contribution < 1.29 is 20.1 Å². The van der Waals surface area contributed by atoms with Crippen LogP contribution in [0.2, 0.25) is 0 Å². The molecule has 2 saturated carbocycles. The summed E-state index contributed by atoms with van der Waals surface area (Å²) in [5.41, 5.74) is -0.838. The molecule has 152 valence electrons. The minimum absolute atomic E-state index is 0.0162. The van der Waals surface area contributed by atoms with Gasteiger partial charge in [-0.15, -0.1) is 0 Å². The van der Waals surface area contributed by atoms with E-state index in [4.69, 9.17) is 0 Å². The van der Waals surface area contributed by atoms with E-state index in [-0.39, 0.29) is 41.2 Å². The van der Waals surface area contributed by atoms with E-state index < -0.39 is 17.6 Å². The summed E-state index contributed by atoms with van der Waals surface area (Å²) in [5, 5.41) is 34.4. The van der Waals surface area contributed by atoms with E-state index in [0.717, 1.165) is 12.8 Å². The Morgan fingerprint density at radius 3 is 2.35 bits per heavy atom. The molecule has 2 fully saturated rings. The Morgan fingerprint density at radius 2 is 1.81 bits per heavy atom. The largest absolute Gasteiger partial charge is 0.396 e. The molecule has 2 aliphatic rings. The number of aliphatic hydroxyl groups is 3. The normalized spacial score (nSPS) is 42.0. The van der Waals surface area contributed by atoms with Gasteiger partial charge < -0.3 is 20.6 Å². The van der Waals surface area contributed by atoms with Crippen LogP contribution in [0.1, 0.15) is 73.6 Å². The number of hydrogen-bond donors (Lipinski definition) is 4. The van der Waals surface area contributed by atoms with Crippen LogP contribution >= 0.6 is 0 Å². The molecule has 7 atom stereocenters. The molecular weight excluding hydrogens is 330 g/mol. The maximum Gasteiger partial charge on any atom is 0.220 e. The number of hydrogen-bond acceptors (Lipinski definition) is 4. The van der Waals surface area contributed by atoms with Gasteiger partial charge in [-0.2, -0.15) is 0 Å². The number of aliphatic hydroxyl groups excluding tert-OH is 3. The van der Waals surface area contributed by atoms with Gasteiger partial charge in [-0.25, -0.2) is 0 Å². The van der Waals surface area contributed by atoms with Crippen LogP contribution in [0.3, 0.4) is 0 Å². The second-order valence-corrected chi connectivity index (χ2v) is 10.4. The lowest BCUT2D eigenvalue weighted by atomic mass is 9.46. The molecule has 0 saturated heterocycles. The Kier molecular flexibility index (Phi) is 6.16. The van der Waals surface area contributed by atoms with Crippen molar-refractivity contribution >= 4 is 5.91 Å². The minimum Gasteiger partial charge on any atom is -0.396 e. The monoisotopic (exact) mass is 369 g/mol. The molecule has 0 aliphatic heterocycles. The first-order valence-corrected chi connectivity index (χ1v) is 10.1. The topological polar surface area (TPSA) is 89.8 Å². The summed E-state index contributed by atoms with van der Waals surface area (Å²) < 4.78 is 0. The minimum atomic E-state index is -0.569. The summed E-state index contributed by atoms with van der Waals surface area (Å²) in [5.74, 6) is -0.0630. The van der Waals surface area contributed by atoms with Crippen LogP contribution in [0.5, 0.6) is 0 Å². The van der Waals surface area contributed by atoms with E-state index in [1.807, 2.05) is 13.8 Å². The first-order chi connectivity index (χ1) is 11.9. The smallest absolute Gasteiger partial charge is 0.220 e. The number of nitrogens with one attached hydrogen (secondary N) is 1. The molecule has 26 heavy (non-hydrogen) atoms. The summed E-state index contributed by atoms with van der Waals surface area (Å²) >= 11 is 0. The number of rotatable bonds is 4. The fraction of sp³-hybridized carbons (Fsp3) is 0.952. The lowest BCUT2D eigenvalue weighted by molar-refractivity contribution is -0.186. The van der Waals surface area contributed by atoms with Crippen molar-refractivity contribution in [2.24, 2.45) is 28.1 Å². The molecule has 0 bridgehead atoms. The van der Waals surface area contributed by atoms with Gasteiger partial charge in [0.2, 0.25) is 5.91 Å². The maximum atomic E-state index is 12.7. The fourth-order valence-corrected chi connectivity index (χ4v) is 5.32. The van der Waals surface area contributed by atoms with Crippen molar-refractivity contribution in [2.75, 3.05) is 6.61 Å². The summed E-state index contributed by atoms with van der Waals surface area (Å²) in [4.78, 5) is 12.7. The van der Waals surface area contributed by atoms with Crippen molar-refractivity contribution in [1.29, 1.82) is 0 Å². The molecule has 2 aliphatic carbocycles. The van der Waals surface area contributed by atoms with E-state index in [2.05, 4.69) is 33.0 Å². The molecule has 0 aromatic rings. The van der Waals surface area contributed by atoms with Crippen molar-refractivity contribution in [1.82, 2.24) is 5.32 Å². The van der Waals surface area contributed by atoms with Crippen molar-refractivity contribution in [2.45, 2.75) is 91.9 Å². The van der Waals surface area contributed by atoms with E-state index in [1.165, 1.54) is 0 Å². The first kappa shape index (κ1) is 21.6. The lowest BCUT2D eigenvalue weighted by Gasteiger charge is -2.60. The molecule has 1 amide bonds. The van der Waals surface area contributed by atoms with E-state index in [1.54, 1.807) is 0 Å². The van der Waals surface area contributed by atoms with Gasteiger partial charge in [0.25, 0.3) is 0 Å². The molecule has 0 unspecified atom stereocenters. The first-order valence-electron chi connectivity index (χ1n) is 10.1. The van der Waals surface area contributed by atoms with Gasteiger partial charge in [0.05, 0.1) is 18.8 Å². The molecule has 2 rings (SSSR count). The van der Waals surface area contributed by atoms with Gasteiger partial charge >= 0.3 is 0 Å². The highest BCUT2D eigenvalue weighted by molar-refractivity contribution is 5.76. The molecule has 0 aromatic heterocycles. The Bertz CT molecular complexity index is 517. The highest BCUT2D eigenvalue weighted by atomic mass is 16.3. The Hall–Kier alpha value is -0.650. The molecule has 0 radical (unpaired) electrons. The molecule has 4 N–H and O–H groups in total. The fourth-order valence-electron chi connectivity index (χ4n) is 5.32. The van der Waals surface area contributed by atoms with Crippen LogP contribution in [0.25, 0.3) is 0 Å². The van der Waals surface area contributed by atoms with Gasteiger partial charge in [0, 0.05) is 17.9 Å². The van der Waals surface area contributed by atoms with Crippen LogP contribution < -0.4 is 5.32 Å². The highest BCUT2D eigenvalue weighted by Crippen LogP contribution is 2.60. The van der Waals surface area contributed by atoms with Crippen molar-refractivity contribution in [3.63, 3.8) is 0 Å².